The molecular weight excluding hydrogens is 222 g/mol. The van der Waals surface area contributed by atoms with Gasteiger partial charge in [-0.3, -0.25) is 0 Å². The number of anilines is 2. The van der Waals surface area contributed by atoms with Crippen molar-refractivity contribution in [2.45, 2.75) is 38.6 Å². The molecule has 1 aromatic carbocycles. The van der Waals surface area contributed by atoms with Crippen LogP contribution >= 0.6 is 0 Å². The molecule has 0 atom stereocenters. The summed E-state index contributed by atoms with van der Waals surface area (Å²) in [5.74, 6) is -1.24. The summed E-state index contributed by atoms with van der Waals surface area (Å²) in [5, 5.41) is 0. The van der Waals surface area contributed by atoms with E-state index in [1.54, 1.807) is 0 Å². The number of hydrogen-bond acceptors (Lipinski definition) is 2. The minimum atomic E-state index is -0.670. The molecule has 0 aliphatic heterocycles. The van der Waals surface area contributed by atoms with Gasteiger partial charge < -0.3 is 10.6 Å². The third-order valence-corrected chi connectivity index (χ3v) is 3.49. The highest BCUT2D eigenvalue weighted by atomic mass is 19.1. The van der Waals surface area contributed by atoms with Gasteiger partial charge >= 0.3 is 0 Å². The van der Waals surface area contributed by atoms with Crippen LogP contribution in [-0.2, 0) is 0 Å². The van der Waals surface area contributed by atoms with E-state index in [2.05, 4.69) is 0 Å². The van der Waals surface area contributed by atoms with Crippen LogP contribution in [0.4, 0.5) is 20.2 Å². The van der Waals surface area contributed by atoms with Crippen molar-refractivity contribution in [1.29, 1.82) is 0 Å². The fourth-order valence-electron chi connectivity index (χ4n) is 2.65. The van der Waals surface area contributed by atoms with Crippen LogP contribution < -0.4 is 10.6 Å². The first-order valence-corrected chi connectivity index (χ1v) is 6.14. The van der Waals surface area contributed by atoms with Gasteiger partial charge in [0.2, 0.25) is 0 Å². The van der Waals surface area contributed by atoms with Crippen molar-refractivity contribution < 1.29 is 8.78 Å². The van der Waals surface area contributed by atoms with Gasteiger partial charge in [0.15, 0.2) is 5.82 Å². The highest BCUT2D eigenvalue weighted by molar-refractivity contribution is 5.68. The van der Waals surface area contributed by atoms with Gasteiger partial charge in [0.1, 0.15) is 5.82 Å². The molecule has 0 radical (unpaired) electrons. The molecule has 94 valence electrons. The average Bonchev–Trinajstić information content (AvgIpc) is 2.79. The molecule has 2 rings (SSSR count). The Bertz CT molecular complexity index is 401. The van der Waals surface area contributed by atoms with Crippen LogP contribution in [0, 0.1) is 11.6 Å². The smallest absolute Gasteiger partial charge is 0.151 e. The highest BCUT2D eigenvalue weighted by Crippen LogP contribution is 2.33. The summed E-state index contributed by atoms with van der Waals surface area (Å²) in [6.45, 7) is 2.71. The van der Waals surface area contributed by atoms with E-state index >= 15 is 0 Å². The van der Waals surface area contributed by atoms with Gasteiger partial charge in [-0.25, -0.2) is 8.78 Å². The normalized spacial score (nSPS) is 16.4. The number of halogens is 2. The predicted octanol–water partition coefficient (Wildman–Crippen LogP) is 3.32. The zero-order valence-electron chi connectivity index (χ0n) is 10.0. The van der Waals surface area contributed by atoms with Gasteiger partial charge in [-0.05, 0) is 25.8 Å². The van der Waals surface area contributed by atoms with Crippen molar-refractivity contribution in [3.63, 3.8) is 0 Å². The number of nitrogens with zero attached hydrogens (tertiary/aromatic N) is 1. The molecule has 2 nitrogen and oxygen atoms in total. The van der Waals surface area contributed by atoms with Gasteiger partial charge in [0, 0.05) is 18.7 Å². The zero-order chi connectivity index (χ0) is 12.4. The standard InChI is InChI=1S/C13H18F2N2/c1-2-17(10-5-3-4-6-10)12-8-9(14)7-11(15)13(12)16/h7-8,10H,2-6,16H2,1H3. The summed E-state index contributed by atoms with van der Waals surface area (Å²) in [6, 6.07) is 2.53. The Morgan fingerprint density at radius 3 is 2.53 bits per heavy atom. The van der Waals surface area contributed by atoms with Crippen LogP contribution in [0.25, 0.3) is 0 Å². The molecule has 2 N–H and O–H groups in total. The van der Waals surface area contributed by atoms with Crippen molar-refractivity contribution >= 4 is 11.4 Å². The van der Waals surface area contributed by atoms with Crippen LogP contribution in [0.1, 0.15) is 32.6 Å². The molecule has 0 aromatic heterocycles. The van der Waals surface area contributed by atoms with Crippen LogP contribution in [-0.4, -0.2) is 12.6 Å². The second kappa shape index (κ2) is 4.90. The summed E-state index contributed by atoms with van der Waals surface area (Å²) in [7, 11) is 0. The van der Waals surface area contributed by atoms with E-state index in [0.717, 1.165) is 25.5 Å². The van der Waals surface area contributed by atoms with Crippen LogP contribution in [0.5, 0.6) is 0 Å². The van der Waals surface area contributed by atoms with E-state index in [1.165, 1.54) is 18.9 Å². The summed E-state index contributed by atoms with van der Waals surface area (Å²) in [5.41, 5.74) is 6.27. The van der Waals surface area contributed by atoms with E-state index < -0.39 is 11.6 Å². The van der Waals surface area contributed by atoms with Crippen molar-refractivity contribution in [3.8, 4) is 0 Å². The number of nitrogen functional groups attached to an aromatic ring is 1. The van der Waals surface area contributed by atoms with E-state index in [4.69, 9.17) is 5.73 Å². The van der Waals surface area contributed by atoms with Gasteiger partial charge in [0.25, 0.3) is 0 Å². The number of nitrogens with two attached hydrogens (primary N) is 1. The molecule has 1 fully saturated rings. The number of hydrogen-bond donors (Lipinski definition) is 1. The molecule has 1 aliphatic rings. The van der Waals surface area contributed by atoms with E-state index in [-0.39, 0.29) is 5.69 Å². The predicted molar refractivity (Wildman–Crippen MR) is 66.0 cm³/mol. The molecule has 0 saturated heterocycles. The lowest BCUT2D eigenvalue weighted by Gasteiger charge is -2.31. The summed E-state index contributed by atoms with van der Waals surface area (Å²) in [6.07, 6.45) is 4.51. The van der Waals surface area contributed by atoms with Crippen molar-refractivity contribution in [1.82, 2.24) is 0 Å². The molecule has 0 spiro atoms. The SMILES string of the molecule is CCN(c1cc(F)cc(F)c1N)C1CCCC1. The van der Waals surface area contributed by atoms with Crippen molar-refractivity contribution in [3.05, 3.63) is 23.8 Å². The lowest BCUT2D eigenvalue weighted by atomic mass is 10.1. The maximum atomic E-state index is 13.4. The third-order valence-electron chi connectivity index (χ3n) is 3.49. The molecule has 0 amide bonds. The van der Waals surface area contributed by atoms with E-state index in [0.29, 0.717) is 11.7 Å². The van der Waals surface area contributed by atoms with Crippen LogP contribution in [0.3, 0.4) is 0 Å². The fraction of sp³-hybridized carbons (Fsp3) is 0.538. The van der Waals surface area contributed by atoms with Crippen molar-refractivity contribution in [2.24, 2.45) is 0 Å². The Morgan fingerprint density at radius 1 is 1.29 bits per heavy atom. The first-order chi connectivity index (χ1) is 8.13. The Labute approximate surface area is 100 Å². The molecule has 0 bridgehead atoms. The Kier molecular flexibility index (Phi) is 3.50. The maximum Gasteiger partial charge on any atom is 0.151 e. The fourth-order valence-corrected chi connectivity index (χ4v) is 2.65. The molecular formula is C13H18F2N2. The minimum Gasteiger partial charge on any atom is -0.395 e. The lowest BCUT2D eigenvalue weighted by Crippen LogP contribution is -2.33. The summed E-state index contributed by atoms with van der Waals surface area (Å²) in [4.78, 5) is 2.02. The average molecular weight is 240 g/mol. The van der Waals surface area contributed by atoms with Crippen LogP contribution in [0.15, 0.2) is 12.1 Å². The quantitative estimate of drug-likeness (QED) is 0.821. The summed E-state index contributed by atoms with van der Waals surface area (Å²) >= 11 is 0. The molecule has 4 heteroatoms. The maximum absolute atomic E-state index is 13.4. The second-order valence-electron chi connectivity index (χ2n) is 4.54. The molecule has 0 heterocycles. The van der Waals surface area contributed by atoms with Gasteiger partial charge in [-0.1, -0.05) is 12.8 Å². The molecule has 1 aliphatic carbocycles. The number of rotatable bonds is 3. The van der Waals surface area contributed by atoms with E-state index in [1.807, 2.05) is 11.8 Å². The summed E-state index contributed by atoms with van der Waals surface area (Å²) < 4.78 is 26.7. The second-order valence-corrected chi connectivity index (χ2v) is 4.54. The Morgan fingerprint density at radius 2 is 1.94 bits per heavy atom. The number of benzene rings is 1. The monoisotopic (exact) mass is 240 g/mol. The lowest BCUT2D eigenvalue weighted by molar-refractivity contribution is 0.576. The zero-order valence-corrected chi connectivity index (χ0v) is 10.0. The van der Waals surface area contributed by atoms with Gasteiger partial charge in [0.05, 0.1) is 11.4 Å². The highest BCUT2D eigenvalue weighted by Gasteiger charge is 2.24. The minimum absolute atomic E-state index is 0.0557. The first-order valence-electron chi connectivity index (χ1n) is 6.14. The van der Waals surface area contributed by atoms with Crippen LogP contribution in [0.2, 0.25) is 0 Å². The first kappa shape index (κ1) is 12.1. The topological polar surface area (TPSA) is 29.3 Å². The molecule has 17 heavy (non-hydrogen) atoms. The Balaban J connectivity index is 2.35. The van der Waals surface area contributed by atoms with Gasteiger partial charge in [-0.15, -0.1) is 0 Å². The largest absolute Gasteiger partial charge is 0.395 e. The Hall–Kier alpha value is -1.32. The molecule has 0 unspecified atom stereocenters. The molecule has 1 aromatic rings. The van der Waals surface area contributed by atoms with E-state index in [9.17, 15) is 8.78 Å². The third kappa shape index (κ3) is 2.35. The van der Waals surface area contributed by atoms with Gasteiger partial charge in [-0.2, -0.15) is 0 Å². The van der Waals surface area contributed by atoms with Crippen molar-refractivity contribution in [2.75, 3.05) is 17.2 Å². The molecule has 1 saturated carbocycles.